The molecule has 2 aromatic rings. The number of hydrogen-bond acceptors (Lipinski definition) is 5. The van der Waals surface area contributed by atoms with E-state index in [0.717, 1.165) is 11.4 Å². The molecule has 1 aliphatic rings. The highest BCUT2D eigenvalue weighted by atomic mass is 32.2. The average Bonchev–Trinajstić information content (AvgIpc) is 2.91. The number of nitrogens with zero attached hydrogens (tertiary/aromatic N) is 1. The third kappa shape index (κ3) is 3.78. The zero-order valence-electron chi connectivity index (χ0n) is 13.0. The van der Waals surface area contributed by atoms with Crippen molar-refractivity contribution >= 4 is 34.6 Å². The first kappa shape index (κ1) is 16.1. The van der Waals surface area contributed by atoms with Gasteiger partial charge in [-0.3, -0.25) is 4.79 Å². The van der Waals surface area contributed by atoms with Gasteiger partial charge in [-0.1, -0.05) is 18.2 Å². The minimum absolute atomic E-state index is 0.135. The molecule has 0 saturated carbocycles. The van der Waals surface area contributed by atoms with Crippen LogP contribution in [0.2, 0.25) is 0 Å². The molecular formula is C18H16N2O3S. The number of benzene rings is 2. The summed E-state index contributed by atoms with van der Waals surface area (Å²) in [5.41, 5.74) is 1.32. The SMILES string of the molecule is CCOc1ccc(N=C2NC(=O)C(=Cc3ccccc3O)S2)cc1. The Morgan fingerprint density at radius 2 is 1.96 bits per heavy atom. The summed E-state index contributed by atoms with van der Waals surface area (Å²) < 4.78 is 5.39. The van der Waals surface area contributed by atoms with Gasteiger partial charge in [-0.15, -0.1) is 0 Å². The Kier molecular flexibility index (Phi) is 4.86. The van der Waals surface area contributed by atoms with Gasteiger partial charge in [-0.25, -0.2) is 4.99 Å². The number of aromatic hydroxyl groups is 1. The average molecular weight is 340 g/mol. The van der Waals surface area contributed by atoms with Crippen LogP contribution < -0.4 is 10.1 Å². The number of para-hydroxylation sites is 1. The minimum Gasteiger partial charge on any atom is -0.507 e. The largest absolute Gasteiger partial charge is 0.507 e. The maximum Gasteiger partial charge on any atom is 0.264 e. The summed E-state index contributed by atoms with van der Waals surface area (Å²) in [6.45, 7) is 2.54. The first-order chi connectivity index (χ1) is 11.7. The van der Waals surface area contributed by atoms with Gasteiger partial charge in [0.25, 0.3) is 5.91 Å². The number of phenolic OH excluding ortho intramolecular Hbond substituents is 1. The lowest BCUT2D eigenvalue weighted by atomic mass is 10.2. The van der Waals surface area contributed by atoms with E-state index in [1.165, 1.54) is 11.8 Å². The van der Waals surface area contributed by atoms with Gasteiger partial charge in [0.2, 0.25) is 0 Å². The summed E-state index contributed by atoms with van der Waals surface area (Å²) in [6.07, 6.45) is 1.65. The smallest absolute Gasteiger partial charge is 0.264 e. The van der Waals surface area contributed by atoms with E-state index in [4.69, 9.17) is 4.74 Å². The lowest BCUT2D eigenvalue weighted by molar-refractivity contribution is -0.115. The van der Waals surface area contributed by atoms with Crippen LogP contribution in [0, 0.1) is 0 Å². The van der Waals surface area contributed by atoms with Crippen molar-refractivity contribution in [3.05, 3.63) is 59.0 Å². The van der Waals surface area contributed by atoms with E-state index in [1.807, 2.05) is 31.2 Å². The van der Waals surface area contributed by atoms with Gasteiger partial charge in [0.05, 0.1) is 17.2 Å². The fourth-order valence-electron chi connectivity index (χ4n) is 2.13. The van der Waals surface area contributed by atoms with Gasteiger partial charge >= 0.3 is 0 Å². The normalized spacial score (nSPS) is 17.3. The van der Waals surface area contributed by atoms with Crippen molar-refractivity contribution in [1.82, 2.24) is 5.32 Å². The number of amidine groups is 1. The van der Waals surface area contributed by atoms with E-state index in [0.29, 0.717) is 22.2 Å². The molecule has 6 heteroatoms. The predicted octanol–water partition coefficient (Wildman–Crippen LogP) is 3.68. The molecule has 122 valence electrons. The molecule has 0 spiro atoms. The molecule has 1 aliphatic heterocycles. The van der Waals surface area contributed by atoms with E-state index >= 15 is 0 Å². The van der Waals surface area contributed by atoms with Gasteiger partial charge in [-0.05, 0) is 55.1 Å². The molecule has 5 nitrogen and oxygen atoms in total. The molecule has 0 aromatic heterocycles. The number of carbonyl (C=O) groups is 1. The zero-order chi connectivity index (χ0) is 16.9. The van der Waals surface area contributed by atoms with Gasteiger partial charge in [-0.2, -0.15) is 0 Å². The molecule has 0 radical (unpaired) electrons. The topological polar surface area (TPSA) is 70.9 Å². The van der Waals surface area contributed by atoms with Crippen LogP contribution in [0.4, 0.5) is 5.69 Å². The van der Waals surface area contributed by atoms with E-state index < -0.39 is 0 Å². The van der Waals surface area contributed by atoms with Crippen LogP contribution in [-0.4, -0.2) is 22.8 Å². The second-order valence-electron chi connectivity index (χ2n) is 4.97. The zero-order valence-corrected chi connectivity index (χ0v) is 13.8. The van der Waals surface area contributed by atoms with Crippen molar-refractivity contribution in [2.45, 2.75) is 6.92 Å². The van der Waals surface area contributed by atoms with Crippen LogP contribution in [0.3, 0.4) is 0 Å². The van der Waals surface area contributed by atoms with Crippen LogP contribution in [-0.2, 0) is 4.79 Å². The second-order valence-corrected chi connectivity index (χ2v) is 6.00. The van der Waals surface area contributed by atoms with Crippen LogP contribution in [0.15, 0.2) is 58.4 Å². The molecule has 2 aromatic carbocycles. The standard InChI is InChI=1S/C18H16N2O3S/c1-2-23-14-9-7-13(8-10-14)19-18-20-17(22)16(24-18)11-12-5-3-4-6-15(12)21/h3-11,21H,2H2,1H3,(H,19,20,22). The van der Waals surface area contributed by atoms with Crippen LogP contribution in [0.5, 0.6) is 11.5 Å². The summed E-state index contributed by atoms with van der Waals surface area (Å²) in [7, 11) is 0. The van der Waals surface area contributed by atoms with Gasteiger partial charge in [0.15, 0.2) is 5.17 Å². The highest BCUT2D eigenvalue weighted by Crippen LogP contribution is 2.30. The predicted molar refractivity (Wildman–Crippen MR) is 96.5 cm³/mol. The molecule has 0 atom stereocenters. The Morgan fingerprint density at radius 3 is 2.67 bits per heavy atom. The third-order valence-electron chi connectivity index (χ3n) is 3.25. The highest BCUT2D eigenvalue weighted by Gasteiger charge is 2.24. The summed E-state index contributed by atoms with van der Waals surface area (Å²) in [4.78, 5) is 16.9. The lowest BCUT2D eigenvalue weighted by Crippen LogP contribution is -2.19. The Bertz CT molecular complexity index is 813. The molecule has 24 heavy (non-hydrogen) atoms. The van der Waals surface area contributed by atoms with Crippen LogP contribution in [0.25, 0.3) is 6.08 Å². The molecule has 3 rings (SSSR count). The lowest BCUT2D eigenvalue weighted by Gasteiger charge is -2.02. The number of thioether (sulfide) groups is 1. The maximum absolute atomic E-state index is 12.0. The first-order valence-corrected chi connectivity index (χ1v) is 8.28. The molecular weight excluding hydrogens is 324 g/mol. The Balaban J connectivity index is 1.78. The number of amides is 1. The van der Waals surface area contributed by atoms with Crippen molar-refractivity contribution in [2.75, 3.05) is 6.61 Å². The third-order valence-corrected chi connectivity index (χ3v) is 4.16. The summed E-state index contributed by atoms with van der Waals surface area (Å²) in [5, 5.41) is 13.0. The number of aliphatic imine (C=N–C) groups is 1. The molecule has 1 amide bonds. The number of ether oxygens (including phenoxy) is 1. The molecule has 0 bridgehead atoms. The molecule has 1 heterocycles. The summed E-state index contributed by atoms with van der Waals surface area (Å²) in [6, 6.07) is 14.2. The van der Waals surface area contributed by atoms with Gasteiger partial charge < -0.3 is 15.2 Å². The fourth-order valence-corrected chi connectivity index (χ4v) is 2.96. The van der Waals surface area contributed by atoms with Crippen molar-refractivity contribution in [2.24, 2.45) is 4.99 Å². The number of hydrogen-bond donors (Lipinski definition) is 2. The van der Waals surface area contributed by atoms with Gasteiger partial charge in [0, 0.05) is 5.56 Å². The van der Waals surface area contributed by atoms with Crippen molar-refractivity contribution in [1.29, 1.82) is 0 Å². The van der Waals surface area contributed by atoms with Crippen LogP contribution in [0.1, 0.15) is 12.5 Å². The fraction of sp³-hybridized carbons (Fsp3) is 0.111. The number of rotatable bonds is 4. The molecule has 1 saturated heterocycles. The van der Waals surface area contributed by atoms with Crippen molar-refractivity contribution in [3.63, 3.8) is 0 Å². The number of nitrogens with one attached hydrogen (secondary N) is 1. The molecule has 0 unspecified atom stereocenters. The van der Waals surface area contributed by atoms with Crippen LogP contribution >= 0.6 is 11.8 Å². The second kappa shape index (κ2) is 7.23. The van der Waals surface area contributed by atoms with E-state index in [9.17, 15) is 9.90 Å². The van der Waals surface area contributed by atoms with Gasteiger partial charge in [0.1, 0.15) is 11.5 Å². The maximum atomic E-state index is 12.0. The molecule has 1 fully saturated rings. The van der Waals surface area contributed by atoms with E-state index in [2.05, 4.69) is 10.3 Å². The Labute approximate surface area is 144 Å². The number of carbonyl (C=O) groups excluding carboxylic acids is 1. The summed E-state index contributed by atoms with van der Waals surface area (Å²) in [5.74, 6) is 0.688. The van der Waals surface area contributed by atoms with E-state index in [1.54, 1.807) is 30.3 Å². The summed E-state index contributed by atoms with van der Waals surface area (Å²) >= 11 is 1.24. The van der Waals surface area contributed by atoms with E-state index in [-0.39, 0.29) is 11.7 Å². The highest BCUT2D eigenvalue weighted by molar-refractivity contribution is 8.18. The van der Waals surface area contributed by atoms with Crippen molar-refractivity contribution in [3.8, 4) is 11.5 Å². The minimum atomic E-state index is -0.229. The van der Waals surface area contributed by atoms with Crippen molar-refractivity contribution < 1.29 is 14.6 Å². The number of phenols is 1. The Hall–Kier alpha value is -2.73. The molecule has 0 aliphatic carbocycles. The molecule has 2 N–H and O–H groups in total. The Morgan fingerprint density at radius 1 is 1.21 bits per heavy atom. The first-order valence-electron chi connectivity index (χ1n) is 7.46. The monoisotopic (exact) mass is 340 g/mol. The quantitative estimate of drug-likeness (QED) is 0.833.